The highest BCUT2D eigenvalue weighted by atomic mass is 79.9. The molecule has 72 valence electrons. The van der Waals surface area contributed by atoms with Gasteiger partial charge in [-0.2, -0.15) is 0 Å². The van der Waals surface area contributed by atoms with E-state index < -0.39 is 0 Å². The normalized spacial score (nSPS) is 10.7. The monoisotopic (exact) mass is 267 g/mol. The Morgan fingerprint density at radius 3 is 2.50 bits per heavy atom. The quantitative estimate of drug-likeness (QED) is 0.627. The molecule has 0 unspecified atom stereocenters. The largest absolute Gasteiger partial charge is 0.397 e. The first-order chi connectivity index (χ1) is 6.74. The molecule has 0 fully saturated rings. The average Bonchev–Trinajstić information content (AvgIpc) is 2.23. The molecule has 0 aromatic heterocycles. The van der Waals surface area contributed by atoms with E-state index in [4.69, 9.17) is 5.73 Å². The molecule has 2 aromatic carbocycles. The molecule has 0 radical (unpaired) electrons. The topological polar surface area (TPSA) is 26.0 Å². The first-order valence-electron chi connectivity index (χ1n) is 4.24. The van der Waals surface area contributed by atoms with Gasteiger partial charge in [-0.25, -0.2) is 0 Å². The molecule has 0 heterocycles. The number of fused-ring (bicyclic) bond motifs is 1. The maximum absolute atomic E-state index is 5.99. The standard InChI is InChI=1S/C11H10BrNS/c1-14-10-6-9(12)11(13)8-5-3-2-4-7(8)10/h2-6H,13H2,1H3. The Kier molecular flexibility index (Phi) is 2.70. The van der Waals surface area contributed by atoms with Crippen LogP contribution in [0.2, 0.25) is 0 Å². The van der Waals surface area contributed by atoms with Gasteiger partial charge in [-0.3, -0.25) is 0 Å². The number of benzene rings is 2. The van der Waals surface area contributed by atoms with Crippen LogP contribution >= 0.6 is 27.7 Å². The summed E-state index contributed by atoms with van der Waals surface area (Å²) in [6, 6.07) is 10.3. The molecule has 0 saturated carbocycles. The Labute approximate surface area is 95.8 Å². The van der Waals surface area contributed by atoms with E-state index in [1.54, 1.807) is 11.8 Å². The summed E-state index contributed by atoms with van der Waals surface area (Å²) in [5, 5.41) is 2.34. The number of thioether (sulfide) groups is 1. The summed E-state index contributed by atoms with van der Waals surface area (Å²) in [5.74, 6) is 0. The molecule has 0 spiro atoms. The number of nitrogen functional groups attached to an aromatic ring is 1. The van der Waals surface area contributed by atoms with Crippen molar-refractivity contribution in [3.8, 4) is 0 Å². The Bertz CT molecular complexity index is 482. The van der Waals surface area contributed by atoms with Crippen LogP contribution in [0, 0.1) is 0 Å². The molecule has 14 heavy (non-hydrogen) atoms. The van der Waals surface area contributed by atoms with E-state index in [1.165, 1.54) is 10.3 Å². The van der Waals surface area contributed by atoms with Crippen LogP contribution in [0.15, 0.2) is 39.7 Å². The summed E-state index contributed by atoms with van der Waals surface area (Å²) in [6.07, 6.45) is 2.07. The zero-order valence-corrected chi connectivity index (χ0v) is 10.2. The van der Waals surface area contributed by atoms with E-state index in [0.717, 1.165) is 15.5 Å². The molecule has 0 bridgehead atoms. The van der Waals surface area contributed by atoms with E-state index in [0.29, 0.717) is 0 Å². The molecule has 2 N–H and O–H groups in total. The molecule has 1 nitrogen and oxygen atoms in total. The molecule has 0 atom stereocenters. The van der Waals surface area contributed by atoms with Crippen LogP contribution in [0.4, 0.5) is 5.69 Å². The molecule has 0 saturated heterocycles. The summed E-state index contributed by atoms with van der Waals surface area (Å²) in [5.41, 5.74) is 6.80. The lowest BCUT2D eigenvalue weighted by Crippen LogP contribution is -1.90. The van der Waals surface area contributed by atoms with Gasteiger partial charge >= 0.3 is 0 Å². The third-order valence-corrected chi connectivity index (χ3v) is 3.65. The van der Waals surface area contributed by atoms with Crippen LogP contribution in [0.25, 0.3) is 10.8 Å². The van der Waals surface area contributed by atoms with Gasteiger partial charge in [-0.05, 0) is 33.6 Å². The molecule has 0 aliphatic rings. The van der Waals surface area contributed by atoms with E-state index in [1.807, 2.05) is 12.1 Å². The minimum absolute atomic E-state index is 0.818. The van der Waals surface area contributed by atoms with E-state index >= 15 is 0 Å². The summed E-state index contributed by atoms with van der Waals surface area (Å²) in [4.78, 5) is 1.25. The minimum Gasteiger partial charge on any atom is -0.397 e. The fourth-order valence-electron chi connectivity index (χ4n) is 1.50. The van der Waals surface area contributed by atoms with Crippen molar-refractivity contribution >= 4 is 44.2 Å². The van der Waals surface area contributed by atoms with Crippen molar-refractivity contribution in [3.63, 3.8) is 0 Å². The number of anilines is 1. The van der Waals surface area contributed by atoms with Crippen molar-refractivity contribution in [1.29, 1.82) is 0 Å². The molecule has 0 aliphatic carbocycles. The van der Waals surface area contributed by atoms with Gasteiger partial charge in [0.1, 0.15) is 0 Å². The lowest BCUT2D eigenvalue weighted by atomic mass is 10.1. The van der Waals surface area contributed by atoms with Crippen LogP contribution in [-0.2, 0) is 0 Å². The predicted octanol–water partition coefficient (Wildman–Crippen LogP) is 3.91. The number of hydrogen-bond donors (Lipinski definition) is 1. The van der Waals surface area contributed by atoms with Crippen LogP contribution in [0.1, 0.15) is 0 Å². The zero-order valence-electron chi connectivity index (χ0n) is 7.75. The Morgan fingerprint density at radius 2 is 1.86 bits per heavy atom. The summed E-state index contributed by atoms with van der Waals surface area (Å²) >= 11 is 5.21. The van der Waals surface area contributed by atoms with Crippen molar-refractivity contribution in [2.45, 2.75) is 4.90 Å². The number of hydrogen-bond acceptors (Lipinski definition) is 2. The van der Waals surface area contributed by atoms with Gasteiger partial charge in [0.15, 0.2) is 0 Å². The highest BCUT2D eigenvalue weighted by Crippen LogP contribution is 2.35. The fourth-order valence-corrected chi connectivity index (χ4v) is 2.73. The Hall–Kier alpha value is -0.670. The third-order valence-electron chi connectivity index (χ3n) is 2.22. The summed E-state index contributed by atoms with van der Waals surface area (Å²) in [6.45, 7) is 0. The van der Waals surface area contributed by atoms with Gasteiger partial charge in [0.05, 0.1) is 5.69 Å². The lowest BCUT2D eigenvalue weighted by Gasteiger charge is -2.08. The van der Waals surface area contributed by atoms with Crippen LogP contribution in [-0.4, -0.2) is 6.26 Å². The van der Waals surface area contributed by atoms with Crippen LogP contribution < -0.4 is 5.73 Å². The van der Waals surface area contributed by atoms with Crippen molar-refractivity contribution in [1.82, 2.24) is 0 Å². The lowest BCUT2D eigenvalue weighted by molar-refractivity contribution is 1.51. The van der Waals surface area contributed by atoms with E-state index in [9.17, 15) is 0 Å². The predicted molar refractivity (Wildman–Crippen MR) is 67.8 cm³/mol. The Balaban J connectivity index is 2.89. The second-order valence-electron chi connectivity index (χ2n) is 3.02. The molecule has 0 amide bonds. The average molecular weight is 268 g/mol. The molecule has 0 aliphatic heterocycles. The molecule has 2 aromatic rings. The van der Waals surface area contributed by atoms with Crippen molar-refractivity contribution < 1.29 is 0 Å². The first-order valence-corrected chi connectivity index (χ1v) is 6.26. The number of halogens is 1. The molecular formula is C11H10BrNS. The summed E-state index contributed by atoms with van der Waals surface area (Å²) in [7, 11) is 0. The van der Waals surface area contributed by atoms with Gasteiger partial charge in [0.2, 0.25) is 0 Å². The van der Waals surface area contributed by atoms with Crippen molar-refractivity contribution in [2.75, 3.05) is 12.0 Å². The maximum atomic E-state index is 5.99. The molecule has 2 rings (SSSR count). The van der Waals surface area contributed by atoms with Gasteiger partial charge in [0.25, 0.3) is 0 Å². The van der Waals surface area contributed by atoms with Crippen LogP contribution in [0.5, 0.6) is 0 Å². The Morgan fingerprint density at radius 1 is 1.21 bits per heavy atom. The molecule has 3 heteroatoms. The van der Waals surface area contributed by atoms with Crippen molar-refractivity contribution in [3.05, 3.63) is 34.8 Å². The fraction of sp³-hybridized carbons (Fsp3) is 0.0909. The number of nitrogens with two attached hydrogens (primary N) is 1. The van der Waals surface area contributed by atoms with Gasteiger partial charge in [-0.1, -0.05) is 24.3 Å². The summed E-state index contributed by atoms with van der Waals surface area (Å²) < 4.78 is 0.973. The SMILES string of the molecule is CSc1cc(Br)c(N)c2ccccc12. The minimum atomic E-state index is 0.818. The van der Waals surface area contributed by atoms with Gasteiger partial charge in [-0.15, -0.1) is 11.8 Å². The smallest absolute Gasteiger partial charge is 0.0538 e. The zero-order chi connectivity index (χ0) is 10.1. The third kappa shape index (κ3) is 1.51. The number of rotatable bonds is 1. The van der Waals surface area contributed by atoms with Crippen LogP contribution in [0.3, 0.4) is 0 Å². The second kappa shape index (κ2) is 3.83. The second-order valence-corrected chi connectivity index (χ2v) is 4.72. The maximum Gasteiger partial charge on any atom is 0.0538 e. The first kappa shape index (κ1) is 9.87. The van der Waals surface area contributed by atoms with Crippen molar-refractivity contribution in [2.24, 2.45) is 0 Å². The molecular weight excluding hydrogens is 258 g/mol. The highest BCUT2D eigenvalue weighted by Gasteiger charge is 2.06. The van der Waals surface area contributed by atoms with Gasteiger partial charge < -0.3 is 5.73 Å². The van der Waals surface area contributed by atoms with Gasteiger partial charge in [0, 0.05) is 14.8 Å². The van der Waals surface area contributed by atoms with E-state index in [-0.39, 0.29) is 0 Å². The van der Waals surface area contributed by atoms with E-state index in [2.05, 4.69) is 40.4 Å². The highest BCUT2D eigenvalue weighted by molar-refractivity contribution is 9.10.